The van der Waals surface area contributed by atoms with Gasteiger partial charge < -0.3 is 9.47 Å². The Morgan fingerprint density at radius 2 is 1.04 bits per heavy atom. The average Bonchev–Trinajstić information content (AvgIpc) is 2.60. The largest absolute Gasteiger partial charge is 0.542 e. The third kappa shape index (κ3) is 10.4. The van der Waals surface area contributed by atoms with E-state index in [0.717, 1.165) is 0 Å². The summed E-state index contributed by atoms with van der Waals surface area (Å²) in [5, 5.41) is 9.02. The van der Waals surface area contributed by atoms with E-state index in [1.165, 1.54) is 0 Å². The van der Waals surface area contributed by atoms with E-state index in [4.69, 9.17) is 9.78 Å². The van der Waals surface area contributed by atoms with Crippen molar-refractivity contribution in [1.82, 2.24) is 0 Å². The van der Waals surface area contributed by atoms with Crippen LogP contribution in [0.4, 0.5) is 9.59 Å². The maximum atomic E-state index is 11.1. The van der Waals surface area contributed by atoms with Gasteiger partial charge in [0.1, 0.15) is 11.2 Å². The highest BCUT2D eigenvalue weighted by atomic mass is 17.5. The molecule has 0 radical (unpaired) electrons. The molecule has 2 unspecified atom stereocenters. The highest BCUT2D eigenvalue weighted by Gasteiger charge is 2.33. The van der Waals surface area contributed by atoms with Crippen LogP contribution in [0.3, 0.4) is 0 Å². The quantitative estimate of drug-likeness (QED) is 0.261. The molecule has 0 spiro atoms. The predicted molar refractivity (Wildman–Crippen MR) is 87.2 cm³/mol. The lowest BCUT2D eigenvalue weighted by Crippen LogP contribution is -2.35. The fourth-order valence-corrected chi connectivity index (χ4v) is 1.62. The molecule has 0 fully saturated rings. The van der Waals surface area contributed by atoms with Crippen molar-refractivity contribution in [3.05, 3.63) is 0 Å². The van der Waals surface area contributed by atoms with Crippen molar-refractivity contribution in [3.8, 4) is 0 Å². The highest BCUT2D eigenvalue weighted by molar-refractivity contribution is 5.59. The summed E-state index contributed by atoms with van der Waals surface area (Å²) >= 11 is 0. The van der Waals surface area contributed by atoms with Crippen LogP contribution >= 0.6 is 0 Å². The number of rotatable bonds is 13. The molecule has 10 heteroatoms. The van der Waals surface area contributed by atoms with Gasteiger partial charge in [0.15, 0.2) is 0 Å². The number of carbonyl (C=O) groups is 2. The van der Waals surface area contributed by atoms with E-state index in [2.05, 4.69) is 29.3 Å². The topological polar surface area (TPSA) is 108 Å². The minimum Gasteiger partial charge on any atom is -0.433 e. The lowest BCUT2D eigenvalue weighted by atomic mass is 9.88. The van der Waals surface area contributed by atoms with Gasteiger partial charge in [-0.1, -0.05) is 13.8 Å². The van der Waals surface area contributed by atoms with Crippen LogP contribution < -0.4 is 0 Å². The maximum absolute atomic E-state index is 11.1. The molecular formula is C16H30O10. The summed E-state index contributed by atoms with van der Waals surface area (Å²) in [5.41, 5.74) is -1.51. The van der Waals surface area contributed by atoms with Crippen molar-refractivity contribution in [1.29, 1.82) is 0 Å². The number of ether oxygens (including phenoxy) is 2. The van der Waals surface area contributed by atoms with Crippen LogP contribution in [0, 0.1) is 0 Å². The monoisotopic (exact) mass is 382 g/mol. The van der Waals surface area contributed by atoms with E-state index in [0.29, 0.717) is 25.7 Å². The molecule has 0 aromatic carbocycles. The summed E-state index contributed by atoms with van der Waals surface area (Å²) in [5.74, 6) is 0. The first-order valence-corrected chi connectivity index (χ1v) is 8.62. The van der Waals surface area contributed by atoms with E-state index in [-0.39, 0.29) is 13.2 Å². The summed E-state index contributed by atoms with van der Waals surface area (Å²) in [7, 11) is 0. The highest BCUT2D eigenvalue weighted by Crippen LogP contribution is 2.30. The molecule has 0 saturated heterocycles. The van der Waals surface area contributed by atoms with Gasteiger partial charge in [-0.3, -0.25) is 0 Å². The predicted octanol–water partition coefficient (Wildman–Crippen LogP) is 4.18. The molecule has 0 aromatic rings. The molecule has 2 atom stereocenters. The van der Waals surface area contributed by atoms with Crippen LogP contribution in [-0.4, -0.2) is 36.7 Å². The van der Waals surface area contributed by atoms with Crippen LogP contribution in [0.15, 0.2) is 0 Å². The number of hydrogen-bond acceptors (Lipinski definition) is 10. The van der Waals surface area contributed by atoms with E-state index in [1.54, 1.807) is 27.7 Å². The third-order valence-corrected chi connectivity index (χ3v) is 3.88. The molecule has 0 aliphatic heterocycles. The Morgan fingerprint density at radius 1 is 0.692 bits per heavy atom. The Kier molecular flexibility index (Phi) is 11.9. The van der Waals surface area contributed by atoms with Gasteiger partial charge in [0, 0.05) is 0 Å². The van der Waals surface area contributed by atoms with E-state index in [1.807, 2.05) is 13.8 Å². The van der Waals surface area contributed by atoms with Gasteiger partial charge in [-0.05, 0) is 63.5 Å². The fourth-order valence-electron chi connectivity index (χ4n) is 1.62. The molecule has 10 nitrogen and oxygen atoms in total. The Balaban J connectivity index is 4.40. The first-order valence-electron chi connectivity index (χ1n) is 8.62. The van der Waals surface area contributed by atoms with Crippen LogP contribution in [0.5, 0.6) is 0 Å². The molecule has 0 aromatic heterocycles. The normalized spacial score (nSPS) is 15.5. The number of hydrogen-bond donors (Lipinski definition) is 0. The van der Waals surface area contributed by atoms with E-state index < -0.39 is 23.5 Å². The molecule has 0 amide bonds. The third-order valence-electron chi connectivity index (χ3n) is 3.88. The summed E-state index contributed by atoms with van der Waals surface area (Å²) < 4.78 is 9.10. The zero-order valence-corrected chi connectivity index (χ0v) is 16.3. The second-order valence-electron chi connectivity index (χ2n) is 5.94. The number of carbonyl (C=O) groups excluding carboxylic acids is 2. The molecule has 154 valence electrons. The molecule has 0 N–H and O–H groups in total. The maximum Gasteiger partial charge on any atom is 0.542 e. The Hall–Kier alpha value is -1.62. The standard InChI is InChI=1S/C16H30O10/c1-7-15(5,23-25-21-13(17)19-9-3)11-12-16(6,8-2)24-26-22-14(18)20-10-4/h7-12H2,1-6H3. The average molecular weight is 382 g/mol. The van der Waals surface area contributed by atoms with Gasteiger partial charge >= 0.3 is 12.3 Å². The van der Waals surface area contributed by atoms with Crippen molar-refractivity contribution in [2.24, 2.45) is 0 Å². The van der Waals surface area contributed by atoms with Crippen molar-refractivity contribution >= 4 is 12.3 Å². The van der Waals surface area contributed by atoms with Crippen molar-refractivity contribution in [2.45, 2.75) is 78.4 Å². The zero-order chi connectivity index (χ0) is 20.1. The summed E-state index contributed by atoms with van der Waals surface area (Å²) in [6.45, 7) is 10.9. The van der Waals surface area contributed by atoms with Gasteiger partial charge in [-0.15, -0.1) is 0 Å². The molecule has 0 rings (SSSR count). The summed E-state index contributed by atoms with van der Waals surface area (Å²) in [6, 6.07) is 0. The van der Waals surface area contributed by atoms with Crippen molar-refractivity contribution in [2.75, 3.05) is 13.2 Å². The van der Waals surface area contributed by atoms with Crippen LogP contribution in [-0.2, 0) is 39.1 Å². The molecule has 0 heterocycles. The molecule has 0 aliphatic rings. The smallest absolute Gasteiger partial charge is 0.433 e. The molecule has 0 saturated carbocycles. The van der Waals surface area contributed by atoms with Crippen molar-refractivity contribution < 1.29 is 48.7 Å². The first-order chi connectivity index (χ1) is 12.2. The minimum atomic E-state index is -0.989. The van der Waals surface area contributed by atoms with Crippen LogP contribution in [0.1, 0.15) is 67.2 Å². The van der Waals surface area contributed by atoms with Gasteiger partial charge in [0.05, 0.1) is 13.2 Å². The summed E-state index contributed by atoms with van der Waals surface area (Å²) in [4.78, 5) is 41.2. The zero-order valence-electron chi connectivity index (χ0n) is 16.3. The lowest BCUT2D eigenvalue weighted by molar-refractivity contribution is -0.527. The molecule has 0 bridgehead atoms. The Morgan fingerprint density at radius 3 is 1.31 bits per heavy atom. The molecular weight excluding hydrogens is 352 g/mol. The van der Waals surface area contributed by atoms with Crippen LogP contribution in [0.25, 0.3) is 0 Å². The molecule has 0 aliphatic carbocycles. The second-order valence-corrected chi connectivity index (χ2v) is 5.94. The van der Waals surface area contributed by atoms with Crippen LogP contribution in [0.2, 0.25) is 0 Å². The second kappa shape index (κ2) is 12.7. The van der Waals surface area contributed by atoms with Gasteiger partial charge in [-0.25, -0.2) is 19.4 Å². The van der Waals surface area contributed by atoms with E-state index in [9.17, 15) is 9.59 Å². The fraction of sp³-hybridized carbons (Fsp3) is 0.875. The first kappa shape index (κ1) is 24.4. The van der Waals surface area contributed by atoms with Gasteiger partial charge in [0.2, 0.25) is 0 Å². The van der Waals surface area contributed by atoms with E-state index >= 15 is 0 Å². The van der Waals surface area contributed by atoms with Gasteiger partial charge in [0.25, 0.3) is 0 Å². The molecule has 26 heavy (non-hydrogen) atoms. The minimum absolute atomic E-state index is 0.160. The lowest BCUT2D eigenvalue weighted by Gasteiger charge is -2.31. The Bertz CT molecular complexity index is 378. The van der Waals surface area contributed by atoms with Crippen molar-refractivity contribution in [3.63, 3.8) is 0 Å². The Labute approximate surface area is 153 Å². The van der Waals surface area contributed by atoms with Gasteiger partial charge in [-0.2, -0.15) is 9.78 Å². The summed E-state index contributed by atoms with van der Waals surface area (Å²) in [6.07, 6.45) is 0.110. The SMILES string of the molecule is CCOC(=O)OOOC(C)(CC)CCC(C)(CC)OOOC(=O)OCC.